The van der Waals surface area contributed by atoms with Gasteiger partial charge < -0.3 is 14.3 Å². The zero-order chi connectivity index (χ0) is 24.3. The second kappa shape index (κ2) is 9.77. The van der Waals surface area contributed by atoms with Crippen LogP contribution in [0.15, 0.2) is 72.8 Å². The molecule has 0 bridgehead atoms. The lowest BCUT2D eigenvalue weighted by molar-refractivity contribution is 0.101. The zero-order valence-corrected chi connectivity index (χ0v) is 21.5. The summed E-state index contributed by atoms with van der Waals surface area (Å²) in [7, 11) is -2.75. The second-order valence-electron chi connectivity index (χ2n) is 10.2. The highest BCUT2D eigenvalue weighted by atomic mass is 28.4. The standard InChI is InChI=1S/C29H34O4Si/c1-21(30)26-17-23(28(18-27(26)31)32-19-22-15-16-22)20-33-34(29(2,3)4,24-11-7-5-8-12-24)25-13-9-6-10-14-25/h5-14,17-18,22,31H,15-16,19-20H2,1-4H3. The largest absolute Gasteiger partial charge is 0.507 e. The van der Waals surface area contributed by atoms with Crippen LogP contribution in [-0.4, -0.2) is 25.8 Å². The number of ether oxygens (including phenoxy) is 1. The van der Waals surface area contributed by atoms with Gasteiger partial charge in [-0.2, -0.15) is 0 Å². The molecule has 0 aromatic heterocycles. The highest BCUT2D eigenvalue weighted by molar-refractivity contribution is 6.99. The molecule has 0 unspecified atom stereocenters. The van der Waals surface area contributed by atoms with Gasteiger partial charge in [-0.3, -0.25) is 4.79 Å². The van der Waals surface area contributed by atoms with Crippen molar-refractivity contribution in [1.82, 2.24) is 0 Å². The van der Waals surface area contributed by atoms with Crippen LogP contribution in [0.4, 0.5) is 0 Å². The van der Waals surface area contributed by atoms with Gasteiger partial charge in [0.05, 0.1) is 18.8 Å². The first kappa shape index (κ1) is 24.2. The number of benzene rings is 3. The number of carbonyl (C=O) groups excluding carboxylic acids is 1. The molecule has 0 spiro atoms. The van der Waals surface area contributed by atoms with Gasteiger partial charge >= 0.3 is 0 Å². The van der Waals surface area contributed by atoms with Crippen LogP contribution in [0.2, 0.25) is 5.04 Å². The molecule has 3 aromatic rings. The Kier molecular flexibility index (Phi) is 6.96. The molecule has 0 aliphatic heterocycles. The van der Waals surface area contributed by atoms with Crippen LogP contribution in [0.3, 0.4) is 0 Å². The molecular formula is C29H34O4Si. The van der Waals surface area contributed by atoms with E-state index in [0.717, 1.165) is 5.56 Å². The summed E-state index contributed by atoms with van der Waals surface area (Å²) >= 11 is 0. The minimum absolute atomic E-state index is 0.0486. The van der Waals surface area contributed by atoms with Crippen molar-refractivity contribution in [1.29, 1.82) is 0 Å². The minimum atomic E-state index is -2.75. The van der Waals surface area contributed by atoms with Crippen LogP contribution >= 0.6 is 0 Å². The summed E-state index contributed by atoms with van der Waals surface area (Å²) in [5, 5.41) is 12.7. The van der Waals surface area contributed by atoms with Crippen molar-refractivity contribution < 1.29 is 19.1 Å². The highest BCUT2D eigenvalue weighted by Gasteiger charge is 2.50. The lowest BCUT2D eigenvalue weighted by atomic mass is 10.1. The van der Waals surface area contributed by atoms with E-state index in [-0.39, 0.29) is 23.2 Å². The molecule has 0 saturated heterocycles. The molecule has 0 amide bonds. The molecule has 0 atom stereocenters. The normalized spacial score (nSPS) is 14.1. The number of phenolic OH excluding ortho intramolecular Hbond substituents is 1. The van der Waals surface area contributed by atoms with Crippen LogP contribution in [0.1, 0.15) is 56.5 Å². The van der Waals surface area contributed by atoms with Crippen LogP contribution in [0.5, 0.6) is 11.5 Å². The van der Waals surface area contributed by atoms with Crippen molar-refractivity contribution in [3.63, 3.8) is 0 Å². The van der Waals surface area contributed by atoms with Gasteiger partial charge in [-0.15, -0.1) is 0 Å². The Morgan fingerprint density at radius 1 is 0.971 bits per heavy atom. The molecule has 0 heterocycles. The fourth-order valence-corrected chi connectivity index (χ4v) is 9.11. The summed E-state index contributed by atoms with van der Waals surface area (Å²) < 4.78 is 13.2. The molecule has 4 nitrogen and oxygen atoms in total. The number of carbonyl (C=O) groups is 1. The number of aromatic hydroxyl groups is 1. The van der Waals surface area contributed by atoms with E-state index in [0.29, 0.717) is 23.8 Å². The van der Waals surface area contributed by atoms with Gasteiger partial charge in [0.25, 0.3) is 8.32 Å². The van der Waals surface area contributed by atoms with Crippen molar-refractivity contribution in [2.24, 2.45) is 5.92 Å². The smallest absolute Gasteiger partial charge is 0.261 e. The van der Waals surface area contributed by atoms with Gasteiger partial charge in [-0.05, 0) is 47.2 Å². The van der Waals surface area contributed by atoms with E-state index in [1.165, 1.54) is 30.1 Å². The SMILES string of the molecule is CC(=O)c1cc(CO[Si](c2ccccc2)(c2ccccc2)C(C)(C)C)c(OCC2CC2)cc1O. The van der Waals surface area contributed by atoms with E-state index in [1.807, 2.05) is 12.1 Å². The van der Waals surface area contributed by atoms with Gasteiger partial charge in [-0.1, -0.05) is 81.4 Å². The quantitative estimate of drug-likeness (QED) is 0.330. The Hall–Kier alpha value is -2.89. The fourth-order valence-electron chi connectivity index (χ4n) is 4.58. The molecule has 1 aliphatic carbocycles. The maximum atomic E-state index is 12.2. The van der Waals surface area contributed by atoms with Crippen LogP contribution in [-0.2, 0) is 11.0 Å². The molecule has 3 aromatic carbocycles. The molecule has 4 rings (SSSR count). The summed E-state index contributed by atoms with van der Waals surface area (Å²) in [6.45, 7) is 9.08. The summed E-state index contributed by atoms with van der Waals surface area (Å²) in [5.74, 6) is 0.929. The summed E-state index contributed by atoms with van der Waals surface area (Å²) in [6.07, 6.45) is 2.34. The zero-order valence-electron chi connectivity index (χ0n) is 20.5. The molecule has 1 aliphatic rings. The van der Waals surface area contributed by atoms with Crippen LogP contribution in [0.25, 0.3) is 0 Å². The van der Waals surface area contributed by atoms with Gasteiger partial charge in [-0.25, -0.2) is 0 Å². The molecule has 1 saturated carbocycles. The lowest BCUT2D eigenvalue weighted by Crippen LogP contribution is -2.66. The molecule has 178 valence electrons. The van der Waals surface area contributed by atoms with Gasteiger partial charge in [0.1, 0.15) is 11.5 Å². The van der Waals surface area contributed by atoms with Crippen LogP contribution < -0.4 is 15.1 Å². The number of hydrogen-bond acceptors (Lipinski definition) is 4. The Labute approximate surface area is 203 Å². The first-order chi connectivity index (χ1) is 16.2. The highest BCUT2D eigenvalue weighted by Crippen LogP contribution is 2.39. The van der Waals surface area contributed by atoms with Crippen molar-refractivity contribution in [3.8, 4) is 11.5 Å². The maximum Gasteiger partial charge on any atom is 0.261 e. The van der Waals surface area contributed by atoms with Crippen molar-refractivity contribution in [3.05, 3.63) is 83.9 Å². The van der Waals surface area contributed by atoms with Crippen molar-refractivity contribution >= 4 is 24.5 Å². The van der Waals surface area contributed by atoms with E-state index >= 15 is 0 Å². The topological polar surface area (TPSA) is 55.8 Å². The summed E-state index contributed by atoms with van der Waals surface area (Å²) in [6, 6.07) is 24.3. The number of phenols is 1. The number of rotatable bonds is 9. The molecule has 1 fully saturated rings. The molecule has 34 heavy (non-hydrogen) atoms. The first-order valence-electron chi connectivity index (χ1n) is 12.0. The maximum absolute atomic E-state index is 12.2. The Balaban J connectivity index is 1.78. The molecule has 5 heteroatoms. The first-order valence-corrected chi connectivity index (χ1v) is 13.9. The van der Waals surface area contributed by atoms with Gasteiger partial charge in [0, 0.05) is 11.6 Å². The van der Waals surface area contributed by atoms with Crippen molar-refractivity contribution in [2.75, 3.05) is 6.61 Å². The average Bonchev–Trinajstić information content (AvgIpc) is 3.64. The number of ketones is 1. The second-order valence-corrected chi connectivity index (χ2v) is 14.5. The Bertz CT molecular complexity index is 1090. The summed E-state index contributed by atoms with van der Waals surface area (Å²) in [5.41, 5.74) is 1.08. The average molecular weight is 475 g/mol. The third kappa shape index (κ3) is 4.96. The van der Waals surface area contributed by atoms with E-state index in [1.54, 1.807) is 12.1 Å². The number of Topliss-reactive ketones (excluding diaryl/α,β-unsaturated/α-hetero) is 1. The predicted octanol–water partition coefficient (Wildman–Crippen LogP) is 5.46. The van der Waals surface area contributed by atoms with Crippen LogP contribution in [0, 0.1) is 5.92 Å². The van der Waals surface area contributed by atoms with E-state index in [4.69, 9.17) is 9.16 Å². The minimum Gasteiger partial charge on any atom is -0.507 e. The van der Waals surface area contributed by atoms with E-state index in [9.17, 15) is 9.90 Å². The third-order valence-corrected chi connectivity index (χ3v) is 11.6. The summed E-state index contributed by atoms with van der Waals surface area (Å²) in [4.78, 5) is 12.2. The predicted molar refractivity (Wildman–Crippen MR) is 139 cm³/mol. The third-order valence-electron chi connectivity index (χ3n) is 6.59. The molecule has 0 radical (unpaired) electrons. The molecular weight excluding hydrogens is 440 g/mol. The lowest BCUT2D eigenvalue weighted by Gasteiger charge is -2.43. The number of hydrogen-bond donors (Lipinski definition) is 1. The molecule has 1 N–H and O–H groups in total. The van der Waals surface area contributed by atoms with Gasteiger partial charge in [0.15, 0.2) is 5.78 Å². The Morgan fingerprint density at radius 3 is 2.00 bits per heavy atom. The monoisotopic (exact) mass is 474 g/mol. The Morgan fingerprint density at radius 2 is 1.53 bits per heavy atom. The van der Waals surface area contributed by atoms with E-state index in [2.05, 4.69) is 69.3 Å². The van der Waals surface area contributed by atoms with Gasteiger partial charge in [0.2, 0.25) is 0 Å². The van der Waals surface area contributed by atoms with Crippen molar-refractivity contribution in [2.45, 2.75) is 52.2 Å². The fraction of sp³-hybridized carbons (Fsp3) is 0.345. The van der Waals surface area contributed by atoms with E-state index < -0.39 is 8.32 Å².